The Morgan fingerprint density at radius 1 is 0.629 bits per heavy atom. The fourth-order valence-corrected chi connectivity index (χ4v) is 6.70. The van der Waals surface area contributed by atoms with Gasteiger partial charge in [0.2, 0.25) is 0 Å². The molecule has 3 heterocycles. The summed E-state index contributed by atoms with van der Waals surface area (Å²) < 4.78 is 2.30. The minimum absolute atomic E-state index is 0.942. The van der Waals surface area contributed by atoms with Crippen LogP contribution in [0.25, 0.3) is 60.6 Å². The first kappa shape index (κ1) is 17.9. The highest BCUT2D eigenvalue weighted by molar-refractivity contribution is 6.17. The summed E-state index contributed by atoms with van der Waals surface area (Å²) in [5.41, 5.74) is 15.7. The predicted molar refractivity (Wildman–Crippen MR) is 142 cm³/mol. The van der Waals surface area contributed by atoms with Crippen LogP contribution in [-0.2, 0) is 12.8 Å². The number of hydrogen-bond donors (Lipinski definition) is 0. The average molecular weight is 446 g/mol. The van der Waals surface area contributed by atoms with Gasteiger partial charge in [0.25, 0.3) is 0 Å². The number of nitrogens with zero attached hydrogens (tertiary/aromatic N) is 3. The molecule has 3 nitrogen and oxygen atoms in total. The third-order valence-corrected chi connectivity index (χ3v) is 8.10. The van der Waals surface area contributed by atoms with E-state index in [0.717, 1.165) is 35.0 Å². The number of para-hydroxylation sites is 2. The Hall–Kier alpha value is -4.50. The largest absolute Gasteiger partial charge is 0.292 e. The van der Waals surface area contributed by atoms with Gasteiger partial charge in [0.1, 0.15) is 5.65 Å². The van der Waals surface area contributed by atoms with Gasteiger partial charge in [-0.25, -0.2) is 4.98 Å². The van der Waals surface area contributed by atoms with E-state index >= 15 is 0 Å². The van der Waals surface area contributed by atoms with E-state index < -0.39 is 0 Å². The SMILES string of the molecule is c1ccc2c(c1)Cc1ccc3c(c1-2)-c1ccc2c(c1C3)c1cnccc1n1c3ccccc3nc21. The first-order chi connectivity index (χ1) is 17.4. The van der Waals surface area contributed by atoms with Crippen molar-refractivity contribution >= 4 is 38.4 Å². The monoisotopic (exact) mass is 445 g/mol. The van der Waals surface area contributed by atoms with Gasteiger partial charge in [-0.15, -0.1) is 0 Å². The van der Waals surface area contributed by atoms with E-state index in [-0.39, 0.29) is 0 Å². The van der Waals surface area contributed by atoms with Crippen molar-refractivity contribution in [3.05, 3.63) is 114 Å². The molecule has 9 rings (SSSR count). The van der Waals surface area contributed by atoms with Crippen LogP contribution >= 0.6 is 0 Å². The summed E-state index contributed by atoms with van der Waals surface area (Å²) in [6, 6.07) is 28.8. The fraction of sp³-hybridized carbons (Fsp3) is 0.0625. The second kappa shape index (κ2) is 6.13. The topological polar surface area (TPSA) is 30.2 Å². The number of pyridine rings is 2. The van der Waals surface area contributed by atoms with E-state index in [1.54, 1.807) is 0 Å². The molecule has 2 aliphatic carbocycles. The van der Waals surface area contributed by atoms with Crippen LogP contribution in [0.5, 0.6) is 0 Å². The highest BCUT2D eigenvalue weighted by Crippen LogP contribution is 2.51. The molecule has 162 valence electrons. The zero-order valence-corrected chi connectivity index (χ0v) is 18.9. The van der Waals surface area contributed by atoms with Crippen LogP contribution < -0.4 is 0 Å². The Kier molecular flexibility index (Phi) is 3.14. The van der Waals surface area contributed by atoms with Gasteiger partial charge in [-0.2, -0.15) is 0 Å². The maximum absolute atomic E-state index is 5.10. The molecule has 0 radical (unpaired) electrons. The standard InChI is InChI=1S/C32H19N3/c1-2-6-21-18(5-1)15-19-9-10-20-16-24-22(30(20)29(19)21)11-12-23-31(24)25-17-33-14-13-27(25)35-28-8-4-3-7-26(28)34-32(23)35/h1-14,17H,15-16H2. The van der Waals surface area contributed by atoms with Gasteiger partial charge in [0.05, 0.1) is 16.6 Å². The van der Waals surface area contributed by atoms with Crippen molar-refractivity contribution in [2.75, 3.05) is 0 Å². The molecule has 3 aromatic heterocycles. The Balaban J connectivity index is 1.45. The third kappa shape index (κ3) is 2.12. The average Bonchev–Trinajstić information content (AvgIpc) is 3.59. The van der Waals surface area contributed by atoms with E-state index in [2.05, 4.69) is 88.2 Å². The number of hydrogen-bond acceptors (Lipinski definition) is 2. The molecule has 0 bridgehead atoms. The molecule has 0 atom stereocenters. The molecule has 35 heavy (non-hydrogen) atoms. The quantitative estimate of drug-likeness (QED) is 0.229. The van der Waals surface area contributed by atoms with Crippen molar-refractivity contribution in [3.63, 3.8) is 0 Å². The minimum Gasteiger partial charge on any atom is -0.292 e. The molecule has 0 spiro atoms. The van der Waals surface area contributed by atoms with Crippen LogP contribution in [0.1, 0.15) is 22.3 Å². The van der Waals surface area contributed by atoms with E-state index in [1.807, 2.05) is 12.4 Å². The van der Waals surface area contributed by atoms with Crippen molar-refractivity contribution in [3.8, 4) is 22.3 Å². The van der Waals surface area contributed by atoms with Gasteiger partial charge in [-0.1, -0.05) is 54.6 Å². The Labute approximate surface area is 201 Å². The normalized spacial score (nSPS) is 13.5. The van der Waals surface area contributed by atoms with Crippen molar-refractivity contribution < 1.29 is 0 Å². The summed E-state index contributed by atoms with van der Waals surface area (Å²) in [5, 5.41) is 3.69. The lowest BCUT2D eigenvalue weighted by Crippen LogP contribution is -1.95. The summed E-state index contributed by atoms with van der Waals surface area (Å²) >= 11 is 0. The summed E-state index contributed by atoms with van der Waals surface area (Å²) in [6.45, 7) is 0. The van der Waals surface area contributed by atoms with Crippen LogP contribution in [0, 0.1) is 0 Å². The number of rotatable bonds is 0. The lowest BCUT2D eigenvalue weighted by atomic mass is 9.92. The number of fused-ring (bicyclic) bond motifs is 16. The highest BCUT2D eigenvalue weighted by Gasteiger charge is 2.30. The third-order valence-electron chi connectivity index (χ3n) is 8.10. The molecule has 7 aromatic rings. The molecular weight excluding hydrogens is 426 g/mol. The fourth-order valence-electron chi connectivity index (χ4n) is 6.70. The summed E-state index contributed by atoms with van der Waals surface area (Å²) in [7, 11) is 0. The Bertz CT molecular complexity index is 2060. The van der Waals surface area contributed by atoms with Gasteiger partial charge in [0.15, 0.2) is 0 Å². The predicted octanol–water partition coefficient (Wildman–Crippen LogP) is 7.33. The van der Waals surface area contributed by atoms with Gasteiger partial charge in [-0.05, 0) is 81.6 Å². The van der Waals surface area contributed by atoms with E-state index in [1.165, 1.54) is 60.7 Å². The molecule has 3 heteroatoms. The molecule has 0 aliphatic heterocycles. The van der Waals surface area contributed by atoms with Crippen LogP contribution in [0.3, 0.4) is 0 Å². The molecule has 4 aromatic carbocycles. The molecular formula is C32H19N3. The van der Waals surface area contributed by atoms with E-state index in [0.29, 0.717) is 0 Å². The lowest BCUT2D eigenvalue weighted by molar-refractivity contribution is 1.24. The molecule has 0 unspecified atom stereocenters. The van der Waals surface area contributed by atoms with Gasteiger partial charge in [0, 0.05) is 28.6 Å². The first-order valence-corrected chi connectivity index (χ1v) is 12.2. The van der Waals surface area contributed by atoms with Gasteiger partial charge < -0.3 is 0 Å². The van der Waals surface area contributed by atoms with E-state index in [9.17, 15) is 0 Å². The molecule has 0 fully saturated rings. The van der Waals surface area contributed by atoms with Crippen molar-refractivity contribution in [1.82, 2.24) is 14.4 Å². The Morgan fingerprint density at radius 2 is 1.46 bits per heavy atom. The first-order valence-electron chi connectivity index (χ1n) is 12.2. The molecule has 0 saturated carbocycles. The zero-order valence-electron chi connectivity index (χ0n) is 18.9. The minimum atomic E-state index is 0.942. The zero-order chi connectivity index (χ0) is 22.7. The van der Waals surface area contributed by atoms with Crippen molar-refractivity contribution in [2.45, 2.75) is 12.8 Å². The van der Waals surface area contributed by atoms with E-state index in [4.69, 9.17) is 4.98 Å². The van der Waals surface area contributed by atoms with Crippen molar-refractivity contribution in [2.24, 2.45) is 0 Å². The smallest absolute Gasteiger partial charge is 0.146 e. The summed E-state index contributed by atoms with van der Waals surface area (Å²) in [5.74, 6) is 0. The van der Waals surface area contributed by atoms with Crippen LogP contribution in [0.15, 0.2) is 91.3 Å². The van der Waals surface area contributed by atoms with Crippen LogP contribution in [0.4, 0.5) is 0 Å². The lowest BCUT2D eigenvalue weighted by Gasteiger charge is -2.13. The molecule has 0 N–H and O–H groups in total. The van der Waals surface area contributed by atoms with Gasteiger partial charge >= 0.3 is 0 Å². The molecule has 0 saturated heterocycles. The Morgan fingerprint density at radius 3 is 2.43 bits per heavy atom. The second-order valence-corrected chi connectivity index (χ2v) is 9.81. The summed E-state index contributed by atoms with van der Waals surface area (Å²) in [4.78, 5) is 9.66. The highest BCUT2D eigenvalue weighted by atomic mass is 15.0. The maximum Gasteiger partial charge on any atom is 0.146 e. The molecule has 2 aliphatic rings. The number of imidazole rings is 1. The molecule has 0 amide bonds. The van der Waals surface area contributed by atoms with Crippen LogP contribution in [-0.4, -0.2) is 14.4 Å². The van der Waals surface area contributed by atoms with Gasteiger partial charge in [-0.3, -0.25) is 9.38 Å². The summed E-state index contributed by atoms with van der Waals surface area (Å²) in [6.07, 6.45) is 5.90. The second-order valence-electron chi connectivity index (χ2n) is 9.81. The number of benzene rings is 4. The van der Waals surface area contributed by atoms with Crippen molar-refractivity contribution in [1.29, 1.82) is 0 Å². The number of aromatic nitrogens is 3. The maximum atomic E-state index is 5.10. The van der Waals surface area contributed by atoms with Crippen LogP contribution in [0.2, 0.25) is 0 Å².